The molecule has 1 fully saturated rings. The molecule has 3 nitrogen and oxygen atoms in total. The molecule has 0 amide bonds. The Morgan fingerprint density at radius 3 is 3.00 bits per heavy atom. The lowest BCUT2D eigenvalue weighted by atomic mass is 9.83. The number of aromatic nitrogens is 2. The summed E-state index contributed by atoms with van der Waals surface area (Å²) in [5.41, 5.74) is 1.86. The first-order chi connectivity index (χ1) is 8.66. The van der Waals surface area contributed by atoms with Crippen LogP contribution in [0.25, 0.3) is 11.0 Å². The van der Waals surface area contributed by atoms with Crippen LogP contribution in [-0.2, 0) is 12.5 Å². The molecule has 0 radical (unpaired) electrons. The number of imidazole rings is 1. The van der Waals surface area contributed by atoms with Gasteiger partial charge < -0.3 is 9.88 Å². The van der Waals surface area contributed by atoms with Gasteiger partial charge in [0.05, 0.1) is 11.0 Å². The predicted octanol–water partition coefficient (Wildman–Crippen LogP) is 2.35. The molecule has 18 heavy (non-hydrogen) atoms. The second kappa shape index (κ2) is 4.05. The molecule has 2 aromatic rings. The molecular weight excluding hydrogens is 229 g/mol. The molecule has 1 atom stereocenters. The molecule has 1 aromatic carbocycles. The fourth-order valence-corrected chi connectivity index (χ4v) is 3.04. The van der Waals surface area contributed by atoms with E-state index in [-0.39, 0.29) is 11.2 Å². The van der Waals surface area contributed by atoms with Crippen LogP contribution in [0.1, 0.15) is 25.6 Å². The molecular formula is C14H18FN3. The average Bonchev–Trinajstić information content (AvgIpc) is 2.95. The van der Waals surface area contributed by atoms with Crippen LogP contribution in [-0.4, -0.2) is 22.6 Å². The van der Waals surface area contributed by atoms with Gasteiger partial charge in [-0.05, 0) is 31.5 Å². The Morgan fingerprint density at radius 2 is 2.33 bits per heavy atom. The minimum absolute atomic E-state index is 0.101. The van der Waals surface area contributed by atoms with Crippen LogP contribution >= 0.6 is 0 Å². The van der Waals surface area contributed by atoms with Crippen LogP contribution < -0.4 is 5.32 Å². The highest BCUT2D eigenvalue weighted by atomic mass is 19.1. The van der Waals surface area contributed by atoms with Gasteiger partial charge >= 0.3 is 0 Å². The number of halogens is 1. The van der Waals surface area contributed by atoms with E-state index >= 15 is 0 Å². The first-order valence-corrected chi connectivity index (χ1v) is 6.49. The first-order valence-electron chi connectivity index (χ1n) is 6.49. The molecule has 3 rings (SSSR count). The van der Waals surface area contributed by atoms with E-state index in [2.05, 4.69) is 21.8 Å². The van der Waals surface area contributed by atoms with Crippen LogP contribution in [0.2, 0.25) is 0 Å². The normalized spacial score (nSPS) is 23.9. The molecule has 1 aliphatic heterocycles. The summed E-state index contributed by atoms with van der Waals surface area (Å²) in [6.45, 7) is 4.20. The summed E-state index contributed by atoms with van der Waals surface area (Å²) in [6, 6.07) is 4.83. The summed E-state index contributed by atoms with van der Waals surface area (Å²) in [5.74, 6) is 0.859. The van der Waals surface area contributed by atoms with Crippen molar-refractivity contribution in [2.45, 2.75) is 25.2 Å². The van der Waals surface area contributed by atoms with Gasteiger partial charge in [-0.15, -0.1) is 0 Å². The van der Waals surface area contributed by atoms with Gasteiger partial charge in [-0.2, -0.15) is 0 Å². The Morgan fingerprint density at radius 1 is 1.50 bits per heavy atom. The van der Waals surface area contributed by atoms with Gasteiger partial charge in [0.25, 0.3) is 0 Å². The number of rotatable bonds is 2. The molecule has 1 aliphatic rings. The van der Waals surface area contributed by atoms with Crippen molar-refractivity contribution < 1.29 is 4.39 Å². The Bertz CT molecular complexity index is 582. The van der Waals surface area contributed by atoms with Crippen molar-refractivity contribution in [1.29, 1.82) is 0 Å². The summed E-state index contributed by atoms with van der Waals surface area (Å²) in [6.07, 6.45) is 2.16. The zero-order valence-electron chi connectivity index (χ0n) is 10.8. The van der Waals surface area contributed by atoms with Crippen LogP contribution in [0, 0.1) is 5.82 Å². The molecule has 1 saturated heterocycles. The molecule has 0 saturated carbocycles. The summed E-state index contributed by atoms with van der Waals surface area (Å²) in [5, 5.41) is 3.42. The van der Waals surface area contributed by atoms with E-state index in [1.807, 2.05) is 13.1 Å². The smallest absolute Gasteiger partial charge is 0.125 e. The van der Waals surface area contributed by atoms with Crippen molar-refractivity contribution in [3.63, 3.8) is 0 Å². The Balaban J connectivity index is 2.20. The lowest BCUT2D eigenvalue weighted by Crippen LogP contribution is -2.31. The van der Waals surface area contributed by atoms with Crippen LogP contribution in [0.3, 0.4) is 0 Å². The van der Waals surface area contributed by atoms with Crippen LogP contribution in [0.4, 0.5) is 4.39 Å². The Labute approximate surface area is 106 Å². The summed E-state index contributed by atoms with van der Waals surface area (Å²) in [7, 11) is 2.03. The molecule has 1 N–H and O–H groups in total. The minimum atomic E-state index is -0.220. The van der Waals surface area contributed by atoms with Crippen LogP contribution in [0.5, 0.6) is 0 Å². The quantitative estimate of drug-likeness (QED) is 0.883. The standard InChI is InChI=1S/C14H18FN3/c1-3-14(6-7-16-9-14)13-17-11-8-10(15)4-5-12(11)18(13)2/h4-5,8,16H,3,6-7,9H2,1-2H3. The van der Waals surface area contributed by atoms with E-state index in [0.29, 0.717) is 0 Å². The largest absolute Gasteiger partial charge is 0.331 e. The SMILES string of the molecule is CCC1(c2nc3cc(F)ccc3n2C)CCNC1. The van der Waals surface area contributed by atoms with Crippen molar-refractivity contribution in [2.24, 2.45) is 7.05 Å². The summed E-state index contributed by atoms with van der Waals surface area (Å²) in [4.78, 5) is 4.68. The summed E-state index contributed by atoms with van der Waals surface area (Å²) < 4.78 is 15.4. The van der Waals surface area contributed by atoms with Gasteiger partial charge in [-0.3, -0.25) is 0 Å². The molecule has 4 heteroatoms. The fourth-order valence-electron chi connectivity index (χ4n) is 3.04. The number of fused-ring (bicyclic) bond motifs is 1. The third-order valence-corrected chi connectivity index (χ3v) is 4.24. The monoisotopic (exact) mass is 247 g/mol. The van der Waals surface area contributed by atoms with Gasteiger partial charge in [0.15, 0.2) is 0 Å². The van der Waals surface area contributed by atoms with E-state index in [0.717, 1.165) is 42.8 Å². The number of hydrogen-bond donors (Lipinski definition) is 1. The minimum Gasteiger partial charge on any atom is -0.331 e. The van der Waals surface area contributed by atoms with E-state index < -0.39 is 0 Å². The molecule has 2 heterocycles. The number of nitrogens with one attached hydrogen (secondary N) is 1. The van der Waals surface area contributed by atoms with E-state index in [4.69, 9.17) is 0 Å². The summed E-state index contributed by atoms with van der Waals surface area (Å²) >= 11 is 0. The van der Waals surface area contributed by atoms with Gasteiger partial charge in [-0.25, -0.2) is 9.37 Å². The van der Waals surface area contributed by atoms with Crippen molar-refractivity contribution in [3.05, 3.63) is 29.8 Å². The highest BCUT2D eigenvalue weighted by molar-refractivity contribution is 5.76. The van der Waals surface area contributed by atoms with E-state index in [1.165, 1.54) is 12.1 Å². The van der Waals surface area contributed by atoms with Gasteiger partial charge in [0.1, 0.15) is 11.6 Å². The molecule has 0 spiro atoms. The lowest BCUT2D eigenvalue weighted by Gasteiger charge is -2.25. The maximum absolute atomic E-state index is 13.3. The zero-order chi connectivity index (χ0) is 12.8. The zero-order valence-corrected chi connectivity index (χ0v) is 10.8. The average molecular weight is 247 g/mol. The highest BCUT2D eigenvalue weighted by Gasteiger charge is 2.37. The fraction of sp³-hybridized carbons (Fsp3) is 0.500. The maximum Gasteiger partial charge on any atom is 0.125 e. The third kappa shape index (κ3) is 1.56. The molecule has 0 bridgehead atoms. The van der Waals surface area contributed by atoms with E-state index in [9.17, 15) is 4.39 Å². The molecule has 96 valence electrons. The van der Waals surface area contributed by atoms with Gasteiger partial charge in [-0.1, -0.05) is 6.92 Å². The predicted molar refractivity (Wildman–Crippen MR) is 70.1 cm³/mol. The Hall–Kier alpha value is -1.42. The Kier molecular flexibility index (Phi) is 2.63. The number of nitrogens with zero attached hydrogens (tertiary/aromatic N) is 2. The van der Waals surface area contributed by atoms with Gasteiger partial charge in [0, 0.05) is 25.1 Å². The number of aryl methyl sites for hydroxylation is 1. The maximum atomic E-state index is 13.3. The highest BCUT2D eigenvalue weighted by Crippen LogP contribution is 2.34. The molecule has 0 aliphatic carbocycles. The van der Waals surface area contributed by atoms with Crippen molar-refractivity contribution in [3.8, 4) is 0 Å². The second-order valence-corrected chi connectivity index (χ2v) is 5.19. The topological polar surface area (TPSA) is 29.9 Å². The molecule has 1 aromatic heterocycles. The van der Waals surface area contributed by atoms with Crippen molar-refractivity contribution in [2.75, 3.05) is 13.1 Å². The van der Waals surface area contributed by atoms with Crippen LogP contribution in [0.15, 0.2) is 18.2 Å². The first kappa shape index (κ1) is 11.7. The third-order valence-electron chi connectivity index (χ3n) is 4.24. The van der Waals surface area contributed by atoms with Gasteiger partial charge in [0.2, 0.25) is 0 Å². The second-order valence-electron chi connectivity index (χ2n) is 5.19. The number of hydrogen-bond acceptors (Lipinski definition) is 2. The van der Waals surface area contributed by atoms with Crippen molar-refractivity contribution >= 4 is 11.0 Å². The van der Waals surface area contributed by atoms with Crippen molar-refractivity contribution in [1.82, 2.24) is 14.9 Å². The molecule has 1 unspecified atom stereocenters. The lowest BCUT2D eigenvalue weighted by molar-refractivity contribution is 0.415. The van der Waals surface area contributed by atoms with E-state index in [1.54, 1.807) is 0 Å². The number of benzene rings is 1.